The summed E-state index contributed by atoms with van der Waals surface area (Å²) in [4.78, 5) is 0. The van der Waals surface area contributed by atoms with Crippen LogP contribution in [0.15, 0.2) is 72.8 Å². The monoisotopic (exact) mass is 538 g/mol. The molecule has 4 aromatic rings. The topological polar surface area (TPSA) is 0 Å². The number of hydrogen-bond donors (Lipinski definition) is 0. The molecule has 2 heteroatoms. The number of aryl methyl sites for hydroxylation is 6. The molecule has 4 aromatic carbocycles. The average Bonchev–Trinajstić information content (AvgIpc) is 2.73. The summed E-state index contributed by atoms with van der Waals surface area (Å²) in [6, 6.07) is 28.6. The van der Waals surface area contributed by atoms with E-state index in [9.17, 15) is 0 Å². The number of hydrogen-bond acceptors (Lipinski definition) is 0. The van der Waals surface area contributed by atoms with Crippen molar-refractivity contribution in [3.63, 3.8) is 0 Å². The second-order valence-electron chi connectivity index (χ2n) is 9.39. The van der Waals surface area contributed by atoms with E-state index in [4.69, 9.17) is 0 Å². The van der Waals surface area contributed by atoms with Gasteiger partial charge in [-0.05, 0) is 0 Å². The van der Waals surface area contributed by atoms with Crippen molar-refractivity contribution in [1.29, 1.82) is 0 Å². The molecule has 0 unspecified atom stereocenters. The van der Waals surface area contributed by atoms with Gasteiger partial charge >= 0.3 is 201 Å². The summed E-state index contributed by atoms with van der Waals surface area (Å²) in [7, 11) is 0. The van der Waals surface area contributed by atoms with E-state index in [2.05, 4.69) is 114 Å². The summed E-state index contributed by atoms with van der Waals surface area (Å²) in [6.45, 7) is 13.8. The molecule has 32 heavy (non-hydrogen) atoms. The van der Waals surface area contributed by atoms with Crippen molar-refractivity contribution < 1.29 is 0 Å². The minimum absolute atomic E-state index is 1.37. The van der Waals surface area contributed by atoms with Crippen LogP contribution in [0, 0.1) is 49.5 Å². The van der Waals surface area contributed by atoms with Gasteiger partial charge in [0.05, 0.1) is 0 Å². The molecular formula is C30H30Ge2. The second-order valence-corrected chi connectivity index (χ2v) is 19.2. The van der Waals surface area contributed by atoms with Crippen LogP contribution in [0.25, 0.3) is 0 Å². The van der Waals surface area contributed by atoms with Gasteiger partial charge in [-0.2, -0.15) is 0 Å². The molecule has 0 saturated heterocycles. The molecule has 0 radical (unpaired) electrons. The van der Waals surface area contributed by atoms with Crippen LogP contribution in [-0.2, 0) is 0 Å². The molecule has 0 atom stereocenters. The maximum atomic E-state index is 2.48. The molecule has 1 heterocycles. The van der Waals surface area contributed by atoms with Crippen LogP contribution in [0.2, 0.25) is 0 Å². The van der Waals surface area contributed by atoms with Crippen LogP contribution in [0.3, 0.4) is 0 Å². The molecule has 0 nitrogen and oxygen atoms in total. The van der Waals surface area contributed by atoms with Crippen molar-refractivity contribution in [2.24, 2.45) is 0 Å². The first-order valence-electron chi connectivity index (χ1n) is 11.5. The minimum atomic E-state index is -1.91. The van der Waals surface area contributed by atoms with Crippen LogP contribution < -0.4 is 17.6 Å². The van der Waals surface area contributed by atoms with E-state index in [-0.39, 0.29) is 0 Å². The Morgan fingerprint density at radius 2 is 0.750 bits per heavy atom. The van der Waals surface area contributed by atoms with Gasteiger partial charge < -0.3 is 0 Å². The van der Waals surface area contributed by atoms with Gasteiger partial charge in [0.2, 0.25) is 0 Å². The van der Waals surface area contributed by atoms with Gasteiger partial charge in [-0.1, -0.05) is 0 Å². The molecule has 0 amide bonds. The summed E-state index contributed by atoms with van der Waals surface area (Å²) in [5, 5.41) is 0. The molecule has 158 valence electrons. The van der Waals surface area contributed by atoms with E-state index in [0.717, 1.165) is 0 Å². The number of fused-ring (bicyclic) bond motifs is 2. The molecule has 0 spiro atoms. The zero-order chi connectivity index (χ0) is 22.6. The third kappa shape index (κ3) is 3.52. The summed E-state index contributed by atoms with van der Waals surface area (Å²) >= 11 is -3.82. The summed E-state index contributed by atoms with van der Waals surface area (Å²) < 4.78 is 10.1. The third-order valence-corrected chi connectivity index (χ3v) is 22.6. The van der Waals surface area contributed by atoms with Crippen LogP contribution in [0.4, 0.5) is 0 Å². The maximum absolute atomic E-state index is 2.48. The van der Waals surface area contributed by atoms with Gasteiger partial charge in [-0.15, -0.1) is 0 Å². The normalized spacial score (nSPS) is 12.6. The Morgan fingerprint density at radius 1 is 0.438 bits per heavy atom. The third-order valence-electron chi connectivity index (χ3n) is 6.79. The first-order chi connectivity index (χ1) is 15.4. The Morgan fingerprint density at radius 3 is 1.09 bits per heavy atom. The second kappa shape index (κ2) is 8.39. The molecule has 0 bridgehead atoms. The van der Waals surface area contributed by atoms with Gasteiger partial charge in [0, 0.05) is 0 Å². The molecule has 0 fully saturated rings. The predicted molar refractivity (Wildman–Crippen MR) is 142 cm³/mol. The van der Waals surface area contributed by atoms with Crippen LogP contribution in [0.5, 0.6) is 0 Å². The Balaban J connectivity index is 2.04. The molecule has 1 aliphatic heterocycles. The molecule has 0 aliphatic carbocycles. The molecule has 0 N–H and O–H groups in total. The first kappa shape index (κ1) is 21.8. The Labute approximate surface area is 200 Å². The molecule has 0 aromatic heterocycles. The fourth-order valence-electron chi connectivity index (χ4n) is 5.82. The van der Waals surface area contributed by atoms with Gasteiger partial charge in [0.15, 0.2) is 0 Å². The summed E-state index contributed by atoms with van der Waals surface area (Å²) in [5.74, 6) is 0. The number of rotatable bonds is 2. The standard InChI is InChI=1S/C30H30Ge2/c1-19-15-21(3)29(22(4)16-19)31-25-11-7-9-13-27(25)32(28-14-10-8-12-26(28)31)30-23(5)17-20(2)18-24(30)6/h7-18H,1-6H3. The Kier molecular flexibility index (Phi) is 5.71. The molecular weight excluding hydrogens is 506 g/mol. The van der Waals surface area contributed by atoms with Gasteiger partial charge in [-0.25, -0.2) is 0 Å². The Bertz CT molecular complexity index is 1360. The van der Waals surface area contributed by atoms with Crippen molar-refractivity contribution in [3.8, 4) is 0 Å². The SMILES string of the molecule is Cc1cc(C)[c]([Ge]2=[c]3cccc[c]3=[Ge]([c]3c(C)cc(C)cc3C)[c]3cccc[c]32)c(C)c1. The van der Waals surface area contributed by atoms with E-state index in [0.29, 0.717) is 0 Å². The van der Waals surface area contributed by atoms with E-state index < -0.39 is 27.8 Å². The van der Waals surface area contributed by atoms with E-state index >= 15 is 0 Å². The van der Waals surface area contributed by atoms with Crippen molar-refractivity contribution in [2.45, 2.75) is 41.5 Å². The van der Waals surface area contributed by atoms with Crippen molar-refractivity contribution in [1.82, 2.24) is 0 Å². The van der Waals surface area contributed by atoms with Gasteiger partial charge in [0.1, 0.15) is 0 Å². The fraction of sp³-hybridized carbons (Fsp3) is 0.200. The van der Waals surface area contributed by atoms with E-state index in [1.54, 1.807) is 25.6 Å². The number of benzene rings is 4. The van der Waals surface area contributed by atoms with E-state index in [1.165, 1.54) is 33.4 Å². The zero-order valence-electron chi connectivity index (χ0n) is 19.9. The zero-order valence-corrected chi connectivity index (χ0v) is 24.1. The predicted octanol–water partition coefficient (Wildman–Crippen LogP) is 4.13. The van der Waals surface area contributed by atoms with Crippen LogP contribution in [0.1, 0.15) is 33.4 Å². The first-order valence-corrected chi connectivity index (χ1v) is 17.8. The van der Waals surface area contributed by atoms with Crippen LogP contribution >= 0.6 is 0 Å². The fourth-order valence-corrected chi connectivity index (χ4v) is 23.8. The van der Waals surface area contributed by atoms with E-state index in [1.807, 2.05) is 0 Å². The van der Waals surface area contributed by atoms with Gasteiger partial charge in [-0.3, -0.25) is 0 Å². The van der Waals surface area contributed by atoms with Crippen molar-refractivity contribution in [3.05, 3.63) is 114 Å². The quantitative estimate of drug-likeness (QED) is 0.298. The summed E-state index contributed by atoms with van der Waals surface area (Å²) in [6.07, 6.45) is 0. The molecule has 0 saturated carbocycles. The molecule has 1 aliphatic rings. The van der Waals surface area contributed by atoms with Crippen molar-refractivity contribution in [2.75, 3.05) is 0 Å². The Hall–Kier alpha value is -2.03. The molecule has 5 rings (SSSR count). The van der Waals surface area contributed by atoms with Crippen molar-refractivity contribution >= 4 is 45.4 Å². The summed E-state index contributed by atoms with van der Waals surface area (Å²) in [5.41, 5.74) is 8.67. The average molecular weight is 536 g/mol. The van der Waals surface area contributed by atoms with Gasteiger partial charge in [0.25, 0.3) is 0 Å². The van der Waals surface area contributed by atoms with Crippen LogP contribution in [-0.4, -0.2) is 27.8 Å².